The third-order valence-corrected chi connectivity index (χ3v) is 9.16. The third kappa shape index (κ3) is 21.0. The molecule has 0 rings (SSSR count). The van der Waals surface area contributed by atoms with Crippen molar-refractivity contribution in [3.05, 3.63) is 0 Å². The topological polar surface area (TPSA) is 426 Å². The lowest BCUT2D eigenvalue weighted by Gasteiger charge is -2.30. The Morgan fingerprint density at radius 2 is 1.07 bits per heavy atom. The summed E-state index contributed by atoms with van der Waals surface area (Å²) in [6.07, 6.45) is -2.19. The molecule has 0 fully saturated rings. The Balaban J connectivity index is 6.47. The zero-order valence-electron chi connectivity index (χ0n) is 33.5. The minimum absolute atomic E-state index is 0.0216. The molecule has 0 unspecified atom stereocenters. The van der Waals surface area contributed by atoms with E-state index >= 15 is 0 Å². The molecule has 0 bridgehead atoms. The standard InChI is InChI=1S/C34H60N12O12S/c1-5-16(4)26(32(56)43-18(7-6-12-40-34(38)39)28(52)44-21(33(57)58)13-23(37)48)46-31(55)25(15(2)3)45-30(54)20(9-11-24(49)50)42-29(53)19(8-10-22(36)47)41-27(51)17(35)14-59/h15-21,25-26,59H,5-14,35H2,1-4H3,(H2,36,47)(H2,37,48)(H,41,51)(H,42,53)(H,43,56)(H,44,52)(H,45,54)(H,46,55)(H,49,50)(H,57,58)(H4,38,39,40)/t16-,17-,18-,19-,20-,21-,25-,26-/m0/s1. The van der Waals surface area contributed by atoms with Crippen LogP contribution >= 0.6 is 12.6 Å². The number of hydrogen-bond donors (Lipinski definition) is 14. The number of amides is 8. The number of carboxylic acid groups (broad SMARTS) is 2. The molecule has 0 radical (unpaired) electrons. The van der Waals surface area contributed by atoms with E-state index in [1.165, 1.54) is 0 Å². The Kier molecular flexibility index (Phi) is 24.4. The molecule has 0 spiro atoms. The van der Waals surface area contributed by atoms with E-state index in [1.807, 2.05) is 0 Å². The summed E-state index contributed by atoms with van der Waals surface area (Å²) < 4.78 is 0. The van der Waals surface area contributed by atoms with Gasteiger partial charge < -0.3 is 70.8 Å². The number of thiol groups is 1. The largest absolute Gasteiger partial charge is 0.481 e. The summed E-state index contributed by atoms with van der Waals surface area (Å²) in [6, 6.07) is -10.0. The normalized spacial score (nSPS) is 15.0. The second-order valence-corrected chi connectivity index (χ2v) is 14.4. The van der Waals surface area contributed by atoms with Crippen LogP contribution in [0.4, 0.5) is 0 Å². The van der Waals surface area contributed by atoms with Crippen molar-refractivity contribution in [1.82, 2.24) is 31.9 Å². The maximum absolute atomic E-state index is 13.8. The van der Waals surface area contributed by atoms with Gasteiger partial charge in [-0.2, -0.15) is 12.6 Å². The van der Waals surface area contributed by atoms with E-state index in [4.69, 9.17) is 28.7 Å². The van der Waals surface area contributed by atoms with Gasteiger partial charge in [-0.3, -0.25) is 48.1 Å². The molecule has 25 heteroatoms. The van der Waals surface area contributed by atoms with Crippen molar-refractivity contribution in [2.24, 2.45) is 45.5 Å². The first-order valence-electron chi connectivity index (χ1n) is 18.7. The molecule has 334 valence electrons. The highest BCUT2D eigenvalue weighted by Gasteiger charge is 2.36. The van der Waals surface area contributed by atoms with E-state index < -0.39 is 133 Å². The number of guanidine groups is 1. The van der Waals surface area contributed by atoms with Crippen molar-refractivity contribution in [3.8, 4) is 0 Å². The summed E-state index contributed by atoms with van der Waals surface area (Å²) in [6.45, 7) is 6.45. The van der Waals surface area contributed by atoms with E-state index in [0.717, 1.165) is 0 Å². The van der Waals surface area contributed by atoms with Crippen LogP contribution in [-0.2, 0) is 47.9 Å². The number of carbonyl (C=O) groups excluding carboxylic acids is 8. The van der Waals surface area contributed by atoms with Gasteiger partial charge >= 0.3 is 11.9 Å². The number of primary amides is 2. The van der Waals surface area contributed by atoms with Crippen LogP contribution in [0.1, 0.15) is 79.1 Å². The Hall–Kier alpha value is -5.72. The fraction of sp³-hybridized carbons (Fsp3) is 0.676. The summed E-state index contributed by atoms with van der Waals surface area (Å²) in [7, 11) is 0. The molecule has 0 aromatic heterocycles. The lowest BCUT2D eigenvalue weighted by Crippen LogP contribution is -2.61. The first-order valence-corrected chi connectivity index (χ1v) is 19.3. The van der Waals surface area contributed by atoms with Gasteiger partial charge in [0, 0.05) is 25.1 Å². The van der Waals surface area contributed by atoms with Crippen molar-refractivity contribution in [3.63, 3.8) is 0 Å². The smallest absolute Gasteiger partial charge is 0.326 e. The zero-order valence-corrected chi connectivity index (χ0v) is 34.4. The van der Waals surface area contributed by atoms with Crippen LogP contribution in [0.3, 0.4) is 0 Å². The summed E-state index contributed by atoms with van der Waals surface area (Å²) in [5.41, 5.74) is 26.7. The van der Waals surface area contributed by atoms with Gasteiger partial charge in [-0.05, 0) is 37.5 Å². The van der Waals surface area contributed by atoms with E-state index in [0.29, 0.717) is 6.42 Å². The summed E-state index contributed by atoms with van der Waals surface area (Å²) >= 11 is 3.94. The van der Waals surface area contributed by atoms with Gasteiger partial charge in [0.1, 0.15) is 36.3 Å². The van der Waals surface area contributed by atoms with Crippen LogP contribution in [-0.4, -0.2) is 130 Å². The maximum Gasteiger partial charge on any atom is 0.326 e. The highest BCUT2D eigenvalue weighted by molar-refractivity contribution is 7.80. The molecule has 8 amide bonds. The number of aliphatic carboxylic acids is 2. The summed E-state index contributed by atoms with van der Waals surface area (Å²) in [5.74, 6) is -11.9. The molecule has 8 atom stereocenters. The van der Waals surface area contributed by atoms with Crippen LogP contribution in [0.15, 0.2) is 4.99 Å². The lowest BCUT2D eigenvalue weighted by molar-refractivity contribution is -0.144. The van der Waals surface area contributed by atoms with Gasteiger partial charge in [-0.15, -0.1) is 0 Å². The minimum Gasteiger partial charge on any atom is -0.481 e. The molecule has 0 aromatic carbocycles. The van der Waals surface area contributed by atoms with Gasteiger partial charge in [0.15, 0.2) is 5.96 Å². The van der Waals surface area contributed by atoms with Crippen LogP contribution in [0, 0.1) is 11.8 Å². The molecule has 0 saturated carbocycles. The van der Waals surface area contributed by atoms with Crippen molar-refractivity contribution in [2.75, 3.05) is 12.3 Å². The van der Waals surface area contributed by atoms with Gasteiger partial charge in [0.2, 0.25) is 47.3 Å². The number of aliphatic imine (C=N–C) groups is 1. The number of nitrogens with one attached hydrogen (secondary N) is 6. The molecule has 0 aliphatic rings. The number of hydrogen-bond acceptors (Lipinski definition) is 13. The number of nitrogens with two attached hydrogens (primary N) is 5. The summed E-state index contributed by atoms with van der Waals surface area (Å²) in [5, 5.41) is 33.3. The van der Waals surface area contributed by atoms with E-state index in [1.54, 1.807) is 27.7 Å². The summed E-state index contributed by atoms with van der Waals surface area (Å²) in [4.78, 5) is 130. The van der Waals surface area contributed by atoms with Crippen LogP contribution in [0.5, 0.6) is 0 Å². The minimum atomic E-state index is -1.72. The van der Waals surface area contributed by atoms with E-state index in [9.17, 15) is 58.2 Å². The first-order chi connectivity index (χ1) is 27.4. The molecule has 0 aliphatic carbocycles. The number of carboxylic acids is 2. The Bertz CT molecular complexity index is 1540. The highest BCUT2D eigenvalue weighted by atomic mass is 32.1. The fourth-order valence-corrected chi connectivity index (χ4v) is 5.33. The molecule has 24 nitrogen and oxygen atoms in total. The molecular weight excluding hydrogens is 801 g/mol. The molecule has 18 N–H and O–H groups in total. The maximum atomic E-state index is 13.8. The van der Waals surface area contributed by atoms with Gasteiger partial charge in [0.05, 0.1) is 12.5 Å². The lowest BCUT2D eigenvalue weighted by atomic mass is 9.95. The zero-order chi connectivity index (χ0) is 45.6. The Morgan fingerprint density at radius 3 is 1.53 bits per heavy atom. The van der Waals surface area contributed by atoms with Gasteiger partial charge in [0.25, 0.3) is 0 Å². The van der Waals surface area contributed by atoms with Crippen LogP contribution in [0.25, 0.3) is 0 Å². The molecule has 0 aliphatic heterocycles. The average molecular weight is 861 g/mol. The van der Waals surface area contributed by atoms with Crippen molar-refractivity contribution in [2.45, 2.75) is 121 Å². The van der Waals surface area contributed by atoms with Crippen molar-refractivity contribution >= 4 is 77.8 Å². The van der Waals surface area contributed by atoms with E-state index in [2.05, 4.69) is 49.5 Å². The highest BCUT2D eigenvalue weighted by Crippen LogP contribution is 2.13. The number of carbonyl (C=O) groups is 10. The van der Waals surface area contributed by atoms with Crippen molar-refractivity contribution < 1.29 is 58.2 Å². The predicted molar refractivity (Wildman–Crippen MR) is 214 cm³/mol. The molecule has 0 saturated heterocycles. The number of nitrogens with zero attached hydrogens (tertiary/aromatic N) is 1. The van der Waals surface area contributed by atoms with Crippen LogP contribution in [0.2, 0.25) is 0 Å². The second-order valence-electron chi connectivity index (χ2n) is 14.0. The predicted octanol–water partition coefficient (Wildman–Crippen LogP) is -5.00. The van der Waals surface area contributed by atoms with Gasteiger partial charge in [-0.1, -0.05) is 34.1 Å². The first kappa shape index (κ1) is 53.3. The Morgan fingerprint density at radius 1 is 0.610 bits per heavy atom. The third-order valence-electron chi connectivity index (χ3n) is 8.76. The fourth-order valence-electron chi connectivity index (χ4n) is 5.17. The van der Waals surface area contributed by atoms with Gasteiger partial charge in [-0.25, -0.2) is 4.79 Å². The second kappa shape index (κ2) is 27.1. The monoisotopic (exact) mass is 860 g/mol. The number of rotatable bonds is 29. The molecular formula is C34H60N12O12S. The van der Waals surface area contributed by atoms with Crippen molar-refractivity contribution in [1.29, 1.82) is 0 Å². The quantitative estimate of drug-likeness (QED) is 0.0145. The SMILES string of the molecule is CC[C@H](C)[C@H](NC(=O)[C@@H](NC(=O)[C@H](CCC(=O)O)NC(=O)[C@H](CCC(N)=O)NC(=O)[C@@H](N)CS)C(C)C)C(=O)N[C@@H](CCCN=C(N)N)C(=O)N[C@@H](CC(N)=O)C(=O)O. The van der Waals surface area contributed by atoms with Crippen LogP contribution < -0.4 is 60.6 Å². The Labute approximate surface area is 346 Å². The molecule has 59 heavy (non-hydrogen) atoms. The molecule has 0 aromatic rings. The van der Waals surface area contributed by atoms with E-state index in [-0.39, 0.29) is 43.9 Å². The average Bonchev–Trinajstić information content (AvgIpc) is 3.14. The molecule has 0 heterocycles.